The molecule has 0 bridgehead atoms. The van der Waals surface area contributed by atoms with E-state index >= 15 is 0 Å². The summed E-state index contributed by atoms with van der Waals surface area (Å²) < 4.78 is 0. The molecule has 0 aliphatic heterocycles. The van der Waals surface area contributed by atoms with Gasteiger partial charge in [-0.05, 0) is 42.4 Å². The van der Waals surface area contributed by atoms with Crippen LogP contribution in [0.15, 0.2) is 23.9 Å². The van der Waals surface area contributed by atoms with E-state index in [1.54, 1.807) is 0 Å². The molecule has 0 aromatic carbocycles. The summed E-state index contributed by atoms with van der Waals surface area (Å²) in [5.41, 5.74) is 4.08. The standard InChI is InChI=1S/C16H25N/c1-12(2)13(3)9-15-8-7-14(11-17-15)10-16(4,5)6/h7-9,11-12H,10H2,1-6H3/b13-9+. The van der Waals surface area contributed by atoms with Crippen molar-refractivity contribution in [1.29, 1.82) is 0 Å². The zero-order chi connectivity index (χ0) is 13.1. The van der Waals surface area contributed by atoms with Crippen molar-refractivity contribution in [3.05, 3.63) is 35.2 Å². The molecule has 17 heavy (non-hydrogen) atoms. The first-order valence-electron chi connectivity index (χ1n) is 6.41. The molecule has 1 nitrogen and oxygen atoms in total. The lowest BCUT2D eigenvalue weighted by atomic mass is 9.89. The zero-order valence-electron chi connectivity index (χ0n) is 12.0. The highest BCUT2D eigenvalue weighted by molar-refractivity contribution is 5.48. The fourth-order valence-corrected chi connectivity index (χ4v) is 1.64. The molecule has 94 valence electrons. The van der Waals surface area contributed by atoms with Gasteiger partial charge in [0, 0.05) is 6.20 Å². The summed E-state index contributed by atoms with van der Waals surface area (Å²) in [5, 5.41) is 0. The van der Waals surface area contributed by atoms with Gasteiger partial charge >= 0.3 is 0 Å². The van der Waals surface area contributed by atoms with Crippen LogP contribution >= 0.6 is 0 Å². The Kier molecular flexibility index (Phi) is 4.50. The summed E-state index contributed by atoms with van der Waals surface area (Å²) in [6.45, 7) is 13.3. The molecular formula is C16H25N. The molecule has 1 rings (SSSR count). The fraction of sp³-hybridized carbons (Fsp3) is 0.562. The Labute approximate surface area is 106 Å². The maximum absolute atomic E-state index is 4.51. The summed E-state index contributed by atoms with van der Waals surface area (Å²) >= 11 is 0. The first-order chi connectivity index (χ1) is 7.78. The maximum atomic E-state index is 4.51. The van der Waals surface area contributed by atoms with Crippen LogP contribution in [-0.4, -0.2) is 4.98 Å². The minimum absolute atomic E-state index is 0.326. The third-order valence-electron chi connectivity index (χ3n) is 2.87. The van der Waals surface area contributed by atoms with Crippen LogP contribution in [0.3, 0.4) is 0 Å². The molecule has 0 N–H and O–H groups in total. The van der Waals surface area contributed by atoms with Crippen molar-refractivity contribution in [2.75, 3.05) is 0 Å². The minimum Gasteiger partial charge on any atom is -0.257 e. The van der Waals surface area contributed by atoms with Gasteiger partial charge in [0.1, 0.15) is 0 Å². The first-order valence-corrected chi connectivity index (χ1v) is 6.41. The van der Waals surface area contributed by atoms with Crippen LogP contribution in [0, 0.1) is 11.3 Å². The van der Waals surface area contributed by atoms with Crippen LogP contribution in [0.4, 0.5) is 0 Å². The number of rotatable bonds is 3. The lowest BCUT2D eigenvalue weighted by molar-refractivity contribution is 0.410. The summed E-state index contributed by atoms with van der Waals surface area (Å²) in [5.74, 6) is 0.589. The van der Waals surface area contributed by atoms with Gasteiger partial charge in [-0.3, -0.25) is 4.98 Å². The fourth-order valence-electron chi connectivity index (χ4n) is 1.64. The number of hydrogen-bond donors (Lipinski definition) is 0. The van der Waals surface area contributed by atoms with Gasteiger partial charge in [0.2, 0.25) is 0 Å². The van der Waals surface area contributed by atoms with Gasteiger partial charge in [-0.15, -0.1) is 0 Å². The SMILES string of the molecule is C/C(=C\c1ccc(CC(C)(C)C)cn1)C(C)C. The molecule has 0 fully saturated rings. The Morgan fingerprint density at radius 2 is 1.94 bits per heavy atom. The third kappa shape index (κ3) is 5.16. The topological polar surface area (TPSA) is 12.9 Å². The normalized spacial score (nSPS) is 13.2. The quantitative estimate of drug-likeness (QED) is 0.733. The van der Waals surface area contributed by atoms with Gasteiger partial charge in [-0.2, -0.15) is 0 Å². The molecule has 1 aromatic heterocycles. The minimum atomic E-state index is 0.326. The van der Waals surface area contributed by atoms with E-state index in [2.05, 4.69) is 64.7 Å². The van der Waals surface area contributed by atoms with Gasteiger partial charge in [-0.1, -0.05) is 46.3 Å². The van der Waals surface area contributed by atoms with Crippen molar-refractivity contribution in [3.8, 4) is 0 Å². The number of nitrogens with zero attached hydrogens (tertiary/aromatic N) is 1. The Hall–Kier alpha value is -1.11. The summed E-state index contributed by atoms with van der Waals surface area (Å²) in [4.78, 5) is 4.51. The van der Waals surface area contributed by atoms with Gasteiger partial charge < -0.3 is 0 Å². The Balaban J connectivity index is 2.79. The second kappa shape index (κ2) is 5.48. The Bertz CT molecular complexity index is 377. The molecule has 0 saturated heterocycles. The van der Waals surface area contributed by atoms with E-state index in [0.29, 0.717) is 11.3 Å². The highest BCUT2D eigenvalue weighted by Crippen LogP contribution is 2.20. The second-order valence-electron chi connectivity index (χ2n) is 6.37. The number of allylic oxidation sites excluding steroid dienone is 1. The van der Waals surface area contributed by atoms with Crippen LogP contribution in [0.5, 0.6) is 0 Å². The number of hydrogen-bond acceptors (Lipinski definition) is 1. The summed E-state index contributed by atoms with van der Waals surface area (Å²) in [6.07, 6.45) is 5.25. The van der Waals surface area contributed by atoms with E-state index in [1.807, 2.05) is 6.20 Å². The van der Waals surface area contributed by atoms with Crippen molar-refractivity contribution in [1.82, 2.24) is 4.98 Å². The lowest BCUT2D eigenvalue weighted by Gasteiger charge is -2.17. The lowest BCUT2D eigenvalue weighted by Crippen LogP contribution is -2.09. The average Bonchev–Trinajstić information content (AvgIpc) is 2.18. The van der Waals surface area contributed by atoms with Gasteiger partial charge in [0.15, 0.2) is 0 Å². The molecule has 0 unspecified atom stereocenters. The van der Waals surface area contributed by atoms with Crippen molar-refractivity contribution in [2.24, 2.45) is 11.3 Å². The average molecular weight is 231 g/mol. The predicted octanol–water partition coefficient (Wildman–Crippen LogP) is 4.73. The Morgan fingerprint density at radius 3 is 2.35 bits per heavy atom. The molecule has 1 heterocycles. The molecule has 1 heteroatoms. The molecule has 0 amide bonds. The van der Waals surface area contributed by atoms with Gasteiger partial charge in [0.05, 0.1) is 5.69 Å². The van der Waals surface area contributed by atoms with E-state index in [0.717, 1.165) is 12.1 Å². The largest absolute Gasteiger partial charge is 0.257 e. The maximum Gasteiger partial charge on any atom is 0.0629 e. The van der Waals surface area contributed by atoms with Crippen LogP contribution in [0.1, 0.15) is 52.8 Å². The van der Waals surface area contributed by atoms with Crippen LogP contribution in [0.25, 0.3) is 6.08 Å². The number of pyridine rings is 1. The summed E-state index contributed by atoms with van der Waals surface area (Å²) in [6, 6.07) is 4.31. The van der Waals surface area contributed by atoms with Crippen LogP contribution in [-0.2, 0) is 6.42 Å². The van der Waals surface area contributed by atoms with E-state index < -0.39 is 0 Å². The molecule has 0 aliphatic rings. The van der Waals surface area contributed by atoms with E-state index in [9.17, 15) is 0 Å². The molecule has 0 atom stereocenters. The zero-order valence-corrected chi connectivity index (χ0v) is 12.0. The molecular weight excluding hydrogens is 206 g/mol. The highest BCUT2D eigenvalue weighted by atomic mass is 14.7. The van der Waals surface area contributed by atoms with E-state index in [4.69, 9.17) is 0 Å². The van der Waals surface area contributed by atoms with Crippen molar-refractivity contribution < 1.29 is 0 Å². The second-order valence-corrected chi connectivity index (χ2v) is 6.37. The van der Waals surface area contributed by atoms with E-state index in [1.165, 1.54) is 11.1 Å². The van der Waals surface area contributed by atoms with Crippen molar-refractivity contribution in [2.45, 2.75) is 48.0 Å². The van der Waals surface area contributed by atoms with Crippen molar-refractivity contribution >= 4 is 6.08 Å². The highest BCUT2D eigenvalue weighted by Gasteiger charge is 2.11. The summed E-state index contributed by atoms with van der Waals surface area (Å²) in [7, 11) is 0. The van der Waals surface area contributed by atoms with Crippen LogP contribution in [0.2, 0.25) is 0 Å². The van der Waals surface area contributed by atoms with Crippen molar-refractivity contribution in [3.63, 3.8) is 0 Å². The molecule has 1 aromatic rings. The molecule has 0 aliphatic carbocycles. The molecule has 0 spiro atoms. The first kappa shape index (κ1) is 14.0. The monoisotopic (exact) mass is 231 g/mol. The van der Waals surface area contributed by atoms with Gasteiger partial charge in [-0.25, -0.2) is 0 Å². The van der Waals surface area contributed by atoms with E-state index in [-0.39, 0.29) is 0 Å². The third-order valence-corrected chi connectivity index (χ3v) is 2.87. The molecule has 0 radical (unpaired) electrons. The predicted molar refractivity (Wildman–Crippen MR) is 75.9 cm³/mol. The Morgan fingerprint density at radius 1 is 1.29 bits per heavy atom. The number of aromatic nitrogens is 1. The van der Waals surface area contributed by atoms with Gasteiger partial charge in [0.25, 0.3) is 0 Å². The molecule has 0 saturated carbocycles. The van der Waals surface area contributed by atoms with Crippen LogP contribution < -0.4 is 0 Å². The smallest absolute Gasteiger partial charge is 0.0629 e.